The van der Waals surface area contributed by atoms with Crippen LogP contribution in [0.1, 0.15) is 31.0 Å². The Labute approximate surface area is 191 Å². The monoisotopic (exact) mass is 450 g/mol. The number of hydrogen-bond acceptors (Lipinski definition) is 3. The second-order valence-corrected chi connectivity index (χ2v) is 8.24. The minimum absolute atomic E-state index is 0.241. The van der Waals surface area contributed by atoms with Crippen molar-refractivity contribution in [3.63, 3.8) is 0 Å². The van der Waals surface area contributed by atoms with Crippen molar-refractivity contribution in [2.75, 3.05) is 5.32 Å². The number of nitrogens with one attached hydrogen (secondary N) is 1. The maximum Gasteiger partial charge on any atom is 0.265 e. The fourth-order valence-electron chi connectivity index (χ4n) is 3.92. The molecule has 2 amide bonds. The molecular formula is C26H24F2N2O3. The zero-order chi connectivity index (χ0) is 23.5. The number of fused-ring (bicyclic) bond motifs is 1. The lowest BCUT2D eigenvalue weighted by atomic mass is 10.0. The molecule has 3 aromatic rings. The van der Waals surface area contributed by atoms with Crippen molar-refractivity contribution in [3.05, 3.63) is 95.6 Å². The third-order valence-electron chi connectivity index (χ3n) is 5.59. The van der Waals surface area contributed by atoms with Crippen LogP contribution >= 0.6 is 0 Å². The maximum atomic E-state index is 14.6. The summed E-state index contributed by atoms with van der Waals surface area (Å²) in [7, 11) is 0. The Morgan fingerprint density at radius 1 is 0.970 bits per heavy atom. The number of halogens is 2. The fourth-order valence-corrected chi connectivity index (χ4v) is 3.92. The van der Waals surface area contributed by atoms with Crippen LogP contribution in [0, 0.1) is 17.6 Å². The van der Waals surface area contributed by atoms with Gasteiger partial charge in [0.05, 0.1) is 6.54 Å². The van der Waals surface area contributed by atoms with E-state index in [0.29, 0.717) is 17.0 Å². The van der Waals surface area contributed by atoms with E-state index in [1.807, 2.05) is 19.9 Å². The molecule has 0 bridgehead atoms. The Kier molecular flexibility index (Phi) is 6.40. The summed E-state index contributed by atoms with van der Waals surface area (Å²) in [6.07, 6.45) is -0.921. The highest BCUT2D eigenvalue weighted by Gasteiger charge is 2.42. The highest BCUT2D eigenvalue weighted by molar-refractivity contribution is 5.99. The van der Waals surface area contributed by atoms with Crippen molar-refractivity contribution in [2.24, 2.45) is 5.92 Å². The van der Waals surface area contributed by atoms with E-state index in [1.54, 1.807) is 48.5 Å². The van der Waals surface area contributed by atoms with Crippen molar-refractivity contribution in [3.8, 4) is 5.75 Å². The number of carbonyl (C=O) groups is 2. The number of nitrogens with zero attached hydrogens (tertiary/aromatic N) is 1. The van der Waals surface area contributed by atoms with Crippen LogP contribution in [0.2, 0.25) is 0 Å². The van der Waals surface area contributed by atoms with Crippen LogP contribution in [0.3, 0.4) is 0 Å². The molecule has 1 heterocycles. The third-order valence-corrected chi connectivity index (χ3v) is 5.59. The number of amides is 2. The number of benzene rings is 3. The molecule has 1 aliphatic heterocycles. The van der Waals surface area contributed by atoms with Gasteiger partial charge in [-0.1, -0.05) is 56.3 Å². The van der Waals surface area contributed by atoms with E-state index < -0.39 is 42.1 Å². The van der Waals surface area contributed by atoms with E-state index in [4.69, 9.17) is 4.74 Å². The molecule has 1 N–H and O–H groups in total. The molecule has 4 rings (SSSR count). The number of ether oxygens (including phenoxy) is 1. The second kappa shape index (κ2) is 9.40. The average Bonchev–Trinajstić information content (AvgIpc) is 2.91. The summed E-state index contributed by atoms with van der Waals surface area (Å²) < 4.78 is 35.1. The van der Waals surface area contributed by atoms with Crippen LogP contribution in [0.4, 0.5) is 14.5 Å². The molecule has 5 nitrogen and oxygen atoms in total. The highest BCUT2D eigenvalue weighted by atomic mass is 19.1. The summed E-state index contributed by atoms with van der Waals surface area (Å²) in [5, 5.41) is 2.81. The molecule has 0 aliphatic carbocycles. The van der Waals surface area contributed by atoms with Crippen LogP contribution in [0.25, 0.3) is 0 Å². The lowest BCUT2D eigenvalue weighted by molar-refractivity contribution is -0.146. The first-order chi connectivity index (χ1) is 15.9. The van der Waals surface area contributed by atoms with Gasteiger partial charge in [0.1, 0.15) is 23.4 Å². The highest BCUT2D eigenvalue weighted by Crippen LogP contribution is 2.37. The van der Waals surface area contributed by atoms with Crippen LogP contribution in [-0.2, 0) is 16.1 Å². The first-order valence-electron chi connectivity index (χ1n) is 10.7. The van der Waals surface area contributed by atoms with E-state index in [2.05, 4.69) is 5.32 Å². The molecule has 7 heteroatoms. The van der Waals surface area contributed by atoms with E-state index >= 15 is 0 Å². The number of carbonyl (C=O) groups excluding carboxylic acids is 2. The Bertz CT molecular complexity index is 1150. The van der Waals surface area contributed by atoms with E-state index in [9.17, 15) is 18.4 Å². The zero-order valence-corrected chi connectivity index (χ0v) is 18.3. The molecule has 2 unspecified atom stereocenters. The van der Waals surface area contributed by atoms with E-state index in [0.717, 1.165) is 12.1 Å². The van der Waals surface area contributed by atoms with Gasteiger partial charge >= 0.3 is 0 Å². The molecule has 0 spiro atoms. The summed E-state index contributed by atoms with van der Waals surface area (Å²) in [6.45, 7) is 3.21. The maximum absolute atomic E-state index is 14.6. The van der Waals surface area contributed by atoms with Crippen molar-refractivity contribution in [1.82, 2.24) is 4.90 Å². The number of para-hydroxylation sites is 2. The van der Waals surface area contributed by atoms with Crippen LogP contribution < -0.4 is 10.1 Å². The van der Waals surface area contributed by atoms with Crippen molar-refractivity contribution in [2.45, 2.75) is 32.5 Å². The topological polar surface area (TPSA) is 58.6 Å². The average molecular weight is 450 g/mol. The first-order valence-corrected chi connectivity index (χ1v) is 10.7. The summed E-state index contributed by atoms with van der Waals surface area (Å²) >= 11 is 0. The normalized spacial score (nSPS) is 17.8. The van der Waals surface area contributed by atoms with Gasteiger partial charge in [-0.15, -0.1) is 0 Å². The summed E-state index contributed by atoms with van der Waals surface area (Å²) in [6, 6.07) is 18.0. The summed E-state index contributed by atoms with van der Waals surface area (Å²) in [5.41, 5.74) is 0.694. The molecule has 2 atom stereocenters. The second-order valence-electron chi connectivity index (χ2n) is 8.24. The molecule has 3 aromatic carbocycles. The van der Waals surface area contributed by atoms with Crippen molar-refractivity contribution >= 4 is 17.5 Å². The SMILES string of the molecule is CC(C)C1Oc2ccccc2C(C(=O)Nc2ccccc2)N(Cc2c(F)cccc2F)C1=O. The molecule has 1 aliphatic rings. The number of rotatable bonds is 5. The van der Waals surface area contributed by atoms with Crippen LogP contribution in [0.5, 0.6) is 5.75 Å². The molecule has 170 valence electrons. The third kappa shape index (κ3) is 4.58. The van der Waals surface area contributed by atoms with Crippen LogP contribution in [0.15, 0.2) is 72.8 Å². The smallest absolute Gasteiger partial charge is 0.265 e. The standard InChI is InChI=1S/C26H24F2N2O3/c1-16(2)24-26(32)30(15-19-20(27)12-8-13-21(19)28)23(18-11-6-7-14-22(18)33-24)25(31)29-17-9-4-3-5-10-17/h3-14,16,23-24H,15H2,1-2H3,(H,29,31). The Morgan fingerprint density at radius 3 is 2.27 bits per heavy atom. The van der Waals surface area contributed by atoms with Gasteiger partial charge in [0.15, 0.2) is 6.10 Å². The Balaban J connectivity index is 1.83. The quantitative estimate of drug-likeness (QED) is 0.589. The molecule has 0 aromatic heterocycles. The van der Waals surface area contributed by atoms with E-state index in [1.165, 1.54) is 11.0 Å². The van der Waals surface area contributed by atoms with Gasteiger partial charge in [-0.25, -0.2) is 8.78 Å². The Hall–Kier alpha value is -3.74. The molecule has 0 saturated heterocycles. The first kappa shape index (κ1) is 22.5. The molecular weight excluding hydrogens is 426 g/mol. The van der Waals surface area contributed by atoms with Gasteiger partial charge in [0.25, 0.3) is 11.8 Å². The number of anilines is 1. The number of hydrogen-bond donors (Lipinski definition) is 1. The largest absolute Gasteiger partial charge is 0.480 e. The van der Waals surface area contributed by atoms with Gasteiger partial charge in [-0.3, -0.25) is 9.59 Å². The van der Waals surface area contributed by atoms with Gasteiger partial charge < -0.3 is 15.0 Å². The Morgan fingerprint density at radius 2 is 1.61 bits per heavy atom. The summed E-state index contributed by atoms with van der Waals surface area (Å²) in [5.74, 6) is -2.46. The minimum Gasteiger partial charge on any atom is -0.480 e. The van der Waals surface area contributed by atoms with E-state index in [-0.39, 0.29) is 11.5 Å². The van der Waals surface area contributed by atoms with Crippen LogP contribution in [-0.4, -0.2) is 22.8 Å². The molecule has 0 saturated carbocycles. The fraction of sp³-hybridized carbons (Fsp3) is 0.231. The molecule has 0 fully saturated rings. The van der Waals surface area contributed by atoms with Crippen molar-refractivity contribution in [1.29, 1.82) is 0 Å². The zero-order valence-electron chi connectivity index (χ0n) is 18.3. The minimum atomic E-state index is -1.16. The lowest BCUT2D eigenvalue weighted by Gasteiger charge is -2.31. The van der Waals surface area contributed by atoms with Crippen molar-refractivity contribution < 1.29 is 23.1 Å². The predicted octanol–water partition coefficient (Wildman–Crippen LogP) is 5.09. The van der Waals surface area contributed by atoms with Gasteiger partial charge in [-0.2, -0.15) is 0 Å². The summed E-state index contributed by atoms with van der Waals surface area (Å²) in [4.78, 5) is 28.4. The van der Waals surface area contributed by atoms with Gasteiger partial charge in [-0.05, 0) is 36.2 Å². The van der Waals surface area contributed by atoms with Gasteiger partial charge in [0, 0.05) is 16.8 Å². The van der Waals surface area contributed by atoms with Gasteiger partial charge in [0.2, 0.25) is 0 Å². The molecule has 33 heavy (non-hydrogen) atoms. The molecule has 0 radical (unpaired) electrons. The predicted molar refractivity (Wildman–Crippen MR) is 120 cm³/mol. The lowest BCUT2D eigenvalue weighted by Crippen LogP contribution is -2.46.